The highest BCUT2D eigenvalue weighted by molar-refractivity contribution is 4.74. The Kier molecular flexibility index (Phi) is 8.20. The predicted molar refractivity (Wildman–Crippen MR) is 60.4 cm³/mol. The average Bonchev–Trinajstić information content (AvgIpc) is 2.24. The van der Waals surface area contributed by atoms with Crippen LogP contribution in [-0.4, -0.2) is 24.9 Å². The zero-order valence-electron chi connectivity index (χ0n) is 10.0. The van der Waals surface area contributed by atoms with Crippen LogP contribution in [0.3, 0.4) is 0 Å². The van der Waals surface area contributed by atoms with Crippen LogP contribution in [-0.2, 0) is 4.74 Å². The van der Waals surface area contributed by atoms with Crippen LogP contribution in [0.25, 0.3) is 0 Å². The molecule has 0 radical (unpaired) electrons. The minimum absolute atomic E-state index is 0.139. The molecular formula is C12H26O2. The summed E-state index contributed by atoms with van der Waals surface area (Å²) >= 11 is 0. The molecule has 0 aromatic heterocycles. The third-order valence-corrected chi connectivity index (χ3v) is 3.48. The zero-order chi connectivity index (χ0) is 10.9. The van der Waals surface area contributed by atoms with Crippen molar-refractivity contribution in [3.05, 3.63) is 0 Å². The number of aliphatic hydroxyl groups is 1. The Labute approximate surface area is 88.7 Å². The first-order valence-corrected chi connectivity index (χ1v) is 5.93. The summed E-state index contributed by atoms with van der Waals surface area (Å²) in [6.45, 7) is 8.25. The van der Waals surface area contributed by atoms with E-state index in [0.29, 0.717) is 12.0 Å². The van der Waals surface area contributed by atoms with E-state index in [1.165, 1.54) is 25.7 Å². The normalized spacial score (nSPS) is 12.0. The van der Waals surface area contributed by atoms with Crippen molar-refractivity contribution in [3.8, 4) is 0 Å². The third kappa shape index (κ3) is 4.97. The number of hydrogen-bond acceptors (Lipinski definition) is 2. The molecule has 0 spiro atoms. The molecule has 2 nitrogen and oxygen atoms in total. The molecular weight excluding hydrogens is 176 g/mol. The molecule has 0 aliphatic heterocycles. The van der Waals surface area contributed by atoms with Gasteiger partial charge in [0.15, 0.2) is 0 Å². The van der Waals surface area contributed by atoms with Gasteiger partial charge in [0.25, 0.3) is 0 Å². The summed E-state index contributed by atoms with van der Waals surface area (Å²) < 4.78 is 5.26. The molecule has 0 saturated carbocycles. The minimum atomic E-state index is 0.139. The van der Waals surface area contributed by atoms with Crippen molar-refractivity contribution in [2.75, 3.05) is 19.8 Å². The smallest absolute Gasteiger partial charge is 0.0697 e. The highest BCUT2D eigenvalue weighted by Crippen LogP contribution is 2.35. The van der Waals surface area contributed by atoms with Gasteiger partial charge in [-0.2, -0.15) is 0 Å². The number of rotatable bonds is 9. The molecule has 86 valence electrons. The quantitative estimate of drug-likeness (QED) is 0.582. The van der Waals surface area contributed by atoms with Gasteiger partial charge in [-0.3, -0.25) is 0 Å². The first kappa shape index (κ1) is 13.9. The maximum absolute atomic E-state index is 8.54. The van der Waals surface area contributed by atoms with Crippen LogP contribution in [0.4, 0.5) is 0 Å². The molecule has 0 bridgehead atoms. The van der Waals surface area contributed by atoms with Crippen molar-refractivity contribution in [2.45, 2.75) is 52.9 Å². The van der Waals surface area contributed by atoms with Crippen LogP contribution in [0.5, 0.6) is 0 Å². The van der Waals surface area contributed by atoms with E-state index in [9.17, 15) is 0 Å². The molecule has 0 unspecified atom stereocenters. The lowest BCUT2D eigenvalue weighted by molar-refractivity contribution is 0.0801. The Morgan fingerprint density at radius 2 is 1.57 bits per heavy atom. The average molecular weight is 202 g/mol. The van der Waals surface area contributed by atoms with E-state index in [2.05, 4.69) is 20.8 Å². The van der Waals surface area contributed by atoms with Gasteiger partial charge >= 0.3 is 0 Å². The molecule has 0 rings (SSSR count). The molecule has 0 atom stereocenters. The molecule has 0 heterocycles. The Morgan fingerprint density at radius 3 is 2.00 bits per heavy atom. The fourth-order valence-corrected chi connectivity index (χ4v) is 2.00. The predicted octanol–water partition coefficient (Wildman–Crippen LogP) is 2.99. The van der Waals surface area contributed by atoms with Crippen molar-refractivity contribution in [1.82, 2.24) is 0 Å². The third-order valence-electron chi connectivity index (χ3n) is 3.48. The number of hydrogen-bond donors (Lipinski definition) is 1. The minimum Gasteiger partial charge on any atom is -0.394 e. The summed E-state index contributed by atoms with van der Waals surface area (Å²) in [5.41, 5.74) is 0.530. The van der Waals surface area contributed by atoms with E-state index < -0.39 is 0 Å². The lowest BCUT2D eigenvalue weighted by Crippen LogP contribution is -2.18. The SMILES string of the molecule is CCC(CC)(CC)CCCOCCO. The first-order chi connectivity index (χ1) is 6.74. The van der Waals surface area contributed by atoms with Crippen LogP contribution < -0.4 is 0 Å². The van der Waals surface area contributed by atoms with Gasteiger partial charge in [-0.15, -0.1) is 0 Å². The highest BCUT2D eigenvalue weighted by atomic mass is 16.5. The van der Waals surface area contributed by atoms with Crippen LogP contribution in [0.1, 0.15) is 52.9 Å². The molecule has 0 fully saturated rings. The second-order valence-electron chi connectivity index (χ2n) is 4.00. The second-order valence-corrected chi connectivity index (χ2v) is 4.00. The molecule has 1 N–H and O–H groups in total. The van der Waals surface area contributed by atoms with Crippen molar-refractivity contribution in [2.24, 2.45) is 5.41 Å². The van der Waals surface area contributed by atoms with E-state index in [1.54, 1.807) is 0 Å². The molecule has 0 saturated heterocycles. The molecule has 0 aromatic carbocycles. The maximum Gasteiger partial charge on any atom is 0.0697 e. The van der Waals surface area contributed by atoms with Crippen molar-refractivity contribution in [1.29, 1.82) is 0 Å². The molecule has 0 aliphatic rings. The Bertz CT molecular complexity index is 111. The first-order valence-electron chi connectivity index (χ1n) is 5.93. The van der Waals surface area contributed by atoms with Gasteiger partial charge in [-0.25, -0.2) is 0 Å². The summed E-state index contributed by atoms with van der Waals surface area (Å²) in [5.74, 6) is 0. The Hall–Kier alpha value is -0.0800. The van der Waals surface area contributed by atoms with Crippen LogP contribution in [0, 0.1) is 5.41 Å². The molecule has 0 amide bonds. The summed E-state index contributed by atoms with van der Waals surface area (Å²) in [7, 11) is 0. The summed E-state index contributed by atoms with van der Waals surface area (Å²) in [4.78, 5) is 0. The number of aliphatic hydroxyl groups excluding tert-OH is 1. The van der Waals surface area contributed by atoms with Crippen LogP contribution >= 0.6 is 0 Å². The van der Waals surface area contributed by atoms with Gasteiger partial charge in [-0.1, -0.05) is 40.0 Å². The van der Waals surface area contributed by atoms with Crippen LogP contribution in [0.2, 0.25) is 0 Å². The van der Waals surface area contributed by atoms with E-state index in [0.717, 1.165) is 13.0 Å². The van der Waals surface area contributed by atoms with Gasteiger partial charge in [0.2, 0.25) is 0 Å². The Balaban J connectivity index is 3.61. The van der Waals surface area contributed by atoms with E-state index in [1.807, 2.05) is 0 Å². The van der Waals surface area contributed by atoms with Gasteiger partial charge in [0.1, 0.15) is 0 Å². The summed E-state index contributed by atoms with van der Waals surface area (Å²) in [6.07, 6.45) is 6.16. The standard InChI is InChI=1S/C12H26O2/c1-4-12(5-2,6-3)8-7-10-14-11-9-13/h13H,4-11H2,1-3H3. The topological polar surface area (TPSA) is 29.5 Å². The molecule has 14 heavy (non-hydrogen) atoms. The second kappa shape index (κ2) is 8.25. The highest BCUT2D eigenvalue weighted by Gasteiger charge is 2.22. The van der Waals surface area contributed by atoms with Gasteiger partial charge in [-0.05, 0) is 18.3 Å². The van der Waals surface area contributed by atoms with E-state index in [4.69, 9.17) is 9.84 Å². The van der Waals surface area contributed by atoms with Gasteiger partial charge in [0, 0.05) is 6.61 Å². The molecule has 0 aromatic rings. The Morgan fingerprint density at radius 1 is 1.00 bits per heavy atom. The monoisotopic (exact) mass is 202 g/mol. The van der Waals surface area contributed by atoms with Crippen LogP contribution in [0.15, 0.2) is 0 Å². The fraction of sp³-hybridized carbons (Fsp3) is 1.00. The maximum atomic E-state index is 8.54. The summed E-state index contributed by atoms with van der Waals surface area (Å²) in [5, 5.41) is 8.54. The molecule has 0 aliphatic carbocycles. The number of ether oxygens (including phenoxy) is 1. The summed E-state index contributed by atoms with van der Waals surface area (Å²) in [6, 6.07) is 0. The van der Waals surface area contributed by atoms with Crippen molar-refractivity contribution in [3.63, 3.8) is 0 Å². The van der Waals surface area contributed by atoms with Gasteiger partial charge < -0.3 is 9.84 Å². The van der Waals surface area contributed by atoms with Crippen molar-refractivity contribution < 1.29 is 9.84 Å². The lowest BCUT2D eigenvalue weighted by atomic mass is 9.76. The largest absolute Gasteiger partial charge is 0.394 e. The lowest BCUT2D eigenvalue weighted by Gasteiger charge is -2.30. The zero-order valence-corrected chi connectivity index (χ0v) is 10.0. The van der Waals surface area contributed by atoms with Gasteiger partial charge in [0.05, 0.1) is 13.2 Å². The van der Waals surface area contributed by atoms with E-state index in [-0.39, 0.29) is 6.61 Å². The molecule has 2 heteroatoms. The van der Waals surface area contributed by atoms with E-state index >= 15 is 0 Å². The fourth-order valence-electron chi connectivity index (χ4n) is 2.00. The van der Waals surface area contributed by atoms with Crippen molar-refractivity contribution >= 4 is 0 Å².